The number of aromatic hydroxyl groups is 1. The van der Waals surface area contributed by atoms with Gasteiger partial charge in [-0.1, -0.05) is 6.08 Å². The van der Waals surface area contributed by atoms with Gasteiger partial charge in [0.2, 0.25) is 0 Å². The Balaban J connectivity index is 2.13. The molecule has 21 heavy (non-hydrogen) atoms. The molecule has 0 fully saturated rings. The second-order valence-corrected chi connectivity index (χ2v) is 6.39. The summed E-state index contributed by atoms with van der Waals surface area (Å²) in [6.07, 6.45) is 6.92. The number of hydrogen-bond donors (Lipinski definition) is 2. The third-order valence-electron chi connectivity index (χ3n) is 4.15. The summed E-state index contributed by atoms with van der Waals surface area (Å²) in [5.41, 5.74) is 3.23. The minimum absolute atomic E-state index is 0.0455. The molecule has 0 radical (unpaired) electrons. The average molecular weight is 297 g/mol. The van der Waals surface area contributed by atoms with Crippen molar-refractivity contribution in [2.75, 3.05) is 0 Å². The molecule has 0 spiro atoms. The molecule has 0 amide bonds. The SMILES string of the molecule is O=c1[nH]c2ccc(O)cc2c2c(C3=CCCCC3)csc12. The quantitative estimate of drug-likeness (QED) is 0.699. The Morgan fingerprint density at radius 2 is 2.14 bits per heavy atom. The van der Waals surface area contributed by atoms with E-state index in [2.05, 4.69) is 16.4 Å². The highest BCUT2D eigenvalue weighted by atomic mass is 32.1. The van der Waals surface area contributed by atoms with Crippen LogP contribution >= 0.6 is 11.3 Å². The summed E-state index contributed by atoms with van der Waals surface area (Å²) in [7, 11) is 0. The van der Waals surface area contributed by atoms with Gasteiger partial charge in [-0.3, -0.25) is 4.79 Å². The molecule has 3 aromatic rings. The zero-order valence-corrected chi connectivity index (χ0v) is 12.3. The Hall–Kier alpha value is -2.07. The van der Waals surface area contributed by atoms with Crippen molar-refractivity contribution in [1.82, 2.24) is 4.98 Å². The van der Waals surface area contributed by atoms with Crippen molar-refractivity contribution in [2.45, 2.75) is 25.7 Å². The molecule has 106 valence electrons. The summed E-state index contributed by atoms with van der Waals surface area (Å²) < 4.78 is 0.745. The van der Waals surface area contributed by atoms with Crippen LogP contribution in [0.1, 0.15) is 31.2 Å². The van der Waals surface area contributed by atoms with Crippen LogP contribution in [0.3, 0.4) is 0 Å². The first-order valence-electron chi connectivity index (χ1n) is 7.19. The average Bonchev–Trinajstić information content (AvgIpc) is 2.95. The van der Waals surface area contributed by atoms with Crippen molar-refractivity contribution in [3.63, 3.8) is 0 Å². The fourth-order valence-electron chi connectivity index (χ4n) is 3.14. The van der Waals surface area contributed by atoms with E-state index in [0.29, 0.717) is 0 Å². The maximum atomic E-state index is 12.2. The Morgan fingerprint density at radius 3 is 2.95 bits per heavy atom. The molecule has 0 unspecified atom stereocenters. The van der Waals surface area contributed by atoms with Gasteiger partial charge in [0.05, 0.1) is 0 Å². The summed E-state index contributed by atoms with van der Waals surface area (Å²) in [5, 5.41) is 13.8. The standard InChI is InChI=1S/C17H15NO2S/c19-11-6-7-14-12(8-11)15-13(10-4-2-1-3-5-10)9-21-16(15)17(20)18-14/h4,6-9,19H,1-3,5H2,(H,18,20). The van der Waals surface area contributed by atoms with E-state index in [1.807, 2.05) is 0 Å². The second kappa shape index (κ2) is 4.74. The van der Waals surface area contributed by atoms with Crippen LogP contribution in [-0.4, -0.2) is 10.1 Å². The second-order valence-electron chi connectivity index (χ2n) is 5.51. The number of fused-ring (bicyclic) bond motifs is 3. The predicted molar refractivity (Wildman–Crippen MR) is 88.1 cm³/mol. The van der Waals surface area contributed by atoms with Gasteiger partial charge < -0.3 is 10.1 Å². The largest absolute Gasteiger partial charge is 0.508 e. The number of aromatic nitrogens is 1. The van der Waals surface area contributed by atoms with Crippen LogP contribution in [0.5, 0.6) is 5.75 Å². The van der Waals surface area contributed by atoms with Crippen LogP contribution in [-0.2, 0) is 0 Å². The summed E-state index contributed by atoms with van der Waals surface area (Å²) in [5.74, 6) is 0.227. The summed E-state index contributed by atoms with van der Waals surface area (Å²) >= 11 is 1.49. The Kier molecular flexibility index (Phi) is 2.86. The third kappa shape index (κ3) is 1.98. The molecule has 1 aliphatic carbocycles. The van der Waals surface area contributed by atoms with Crippen molar-refractivity contribution < 1.29 is 5.11 Å². The van der Waals surface area contributed by atoms with E-state index in [9.17, 15) is 9.90 Å². The number of phenolic OH excluding ortho intramolecular Hbond substituents is 1. The van der Waals surface area contributed by atoms with Gasteiger partial charge in [-0.15, -0.1) is 11.3 Å². The van der Waals surface area contributed by atoms with Gasteiger partial charge in [-0.25, -0.2) is 0 Å². The minimum Gasteiger partial charge on any atom is -0.508 e. The number of H-pyrrole nitrogens is 1. The maximum Gasteiger partial charge on any atom is 0.266 e. The lowest BCUT2D eigenvalue weighted by atomic mass is 9.92. The molecular formula is C17H15NO2S. The van der Waals surface area contributed by atoms with Crippen LogP contribution in [0.15, 0.2) is 34.4 Å². The lowest BCUT2D eigenvalue weighted by molar-refractivity contribution is 0.476. The molecule has 0 aliphatic heterocycles. The molecule has 2 aromatic heterocycles. The molecule has 1 aromatic carbocycles. The van der Waals surface area contributed by atoms with Crippen LogP contribution in [0.2, 0.25) is 0 Å². The number of aromatic amines is 1. The van der Waals surface area contributed by atoms with Crippen LogP contribution in [0.4, 0.5) is 0 Å². The number of thiophene rings is 1. The van der Waals surface area contributed by atoms with Crippen molar-refractivity contribution in [1.29, 1.82) is 0 Å². The maximum absolute atomic E-state index is 12.2. The topological polar surface area (TPSA) is 53.1 Å². The van der Waals surface area contributed by atoms with Gasteiger partial charge in [-0.2, -0.15) is 0 Å². The number of benzene rings is 1. The zero-order valence-electron chi connectivity index (χ0n) is 11.5. The number of rotatable bonds is 1. The third-order valence-corrected chi connectivity index (χ3v) is 5.13. The molecule has 0 saturated carbocycles. The van der Waals surface area contributed by atoms with Gasteiger partial charge in [0, 0.05) is 16.3 Å². The zero-order chi connectivity index (χ0) is 14.4. The molecular weight excluding hydrogens is 282 g/mol. The molecule has 0 saturated heterocycles. The lowest BCUT2D eigenvalue weighted by Gasteiger charge is -2.12. The Morgan fingerprint density at radius 1 is 1.24 bits per heavy atom. The normalized spacial score (nSPS) is 15.5. The van der Waals surface area contributed by atoms with E-state index in [-0.39, 0.29) is 11.3 Å². The molecule has 0 atom stereocenters. The highest BCUT2D eigenvalue weighted by Gasteiger charge is 2.16. The molecule has 3 nitrogen and oxygen atoms in total. The van der Waals surface area contributed by atoms with Gasteiger partial charge in [-0.05, 0) is 60.4 Å². The van der Waals surface area contributed by atoms with Gasteiger partial charge in [0.25, 0.3) is 5.56 Å². The van der Waals surface area contributed by atoms with E-state index in [1.165, 1.54) is 29.8 Å². The van der Waals surface area contributed by atoms with Crippen molar-refractivity contribution in [2.24, 2.45) is 0 Å². The van der Waals surface area contributed by atoms with E-state index >= 15 is 0 Å². The number of phenols is 1. The van der Waals surface area contributed by atoms with Crippen LogP contribution < -0.4 is 5.56 Å². The van der Waals surface area contributed by atoms with Crippen molar-refractivity contribution >= 4 is 37.9 Å². The highest BCUT2D eigenvalue weighted by molar-refractivity contribution is 7.17. The fourth-order valence-corrected chi connectivity index (χ4v) is 4.14. The smallest absolute Gasteiger partial charge is 0.266 e. The van der Waals surface area contributed by atoms with Crippen molar-refractivity contribution in [3.8, 4) is 5.75 Å². The molecule has 2 N–H and O–H groups in total. The summed E-state index contributed by atoms with van der Waals surface area (Å²) in [4.78, 5) is 15.1. The predicted octanol–water partition coefficient (Wildman–Crippen LogP) is 4.41. The molecule has 4 heteroatoms. The monoisotopic (exact) mass is 297 g/mol. The van der Waals surface area contributed by atoms with Gasteiger partial charge in [0.15, 0.2) is 0 Å². The molecule has 2 heterocycles. The van der Waals surface area contributed by atoms with Crippen LogP contribution in [0.25, 0.3) is 26.6 Å². The number of allylic oxidation sites excluding steroid dienone is 2. The molecule has 1 aliphatic rings. The van der Waals surface area contributed by atoms with Crippen LogP contribution in [0, 0.1) is 0 Å². The van der Waals surface area contributed by atoms with Gasteiger partial charge >= 0.3 is 0 Å². The summed E-state index contributed by atoms with van der Waals surface area (Å²) in [6, 6.07) is 5.12. The van der Waals surface area contributed by atoms with E-state index in [4.69, 9.17) is 0 Å². The number of hydrogen-bond acceptors (Lipinski definition) is 3. The number of pyridine rings is 1. The Bertz CT molecular complexity index is 933. The first-order valence-corrected chi connectivity index (χ1v) is 8.07. The van der Waals surface area contributed by atoms with E-state index in [1.54, 1.807) is 18.2 Å². The minimum atomic E-state index is -0.0455. The summed E-state index contributed by atoms with van der Waals surface area (Å²) in [6.45, 7) is 0. The first-order chi connectivity index (χ1) is 10.2. The molecule has 4 rings (SSSR count). The Labute approximate surface area is 125 Å². The lowest BCUT2D eigenvalue weighted by Crippen LogP contribution is -2.04. The number of nitrogens with one attached hydrogen (secondary N) is 1. The highest BCUT2D eigenvalue weighted by Crippen LogP contribution is 2.38. The van der Waals surface area contributed by atoms with E-state index < -0.39 is 0 Å². The van der Waals surface area contributed by atoms with Crippen molar-refractivity contribution in [3.05, 3.63) is 45.6 Å². The first kappa shape index (κ1) is 12.7. The fraction of sp³-hybridized carbons (Fsp3) is 0.235. The van der Waals surface area contributed by atoms with E-state index in [0.717, 1.165) is 39.4 Å². The molecule has 0 bridgehead atoms. The van der Waals surface area contributed by atoms with Gasteiger partial charge in [0.1, 0.15) is 10.4 Å².